The summed E-state index contributed by atoms with van der Waals surface area (Å²) in [7, 11) is 3.91. The van der Waals surface area contributed by atoms with Crippen LogP contribution in [0.3, 0.4) is 0 Å². The first-order valence-electron chi connectivity index (χ1n) is 6.74. The summed E-state index contributed by atoms with van der Waals surface area (Å²) in [6.45, 7) is 4.40. The Balaban J connectivity index is 2.37. The van der Waals surface area contributed by atoms with E-state index >= 15 is 0 Å². The van der Waals surface area contributed by atoms with E-state index in [2.05, 4.69) is 4.98 Å². The highest BCUT2D eigenvalue weighted by Gasteiger charge is 2.23. The molecule has 1 heterocycles. The minimum atomic E-state index is -1.04. The third kappa shape index (κ3) is 3.31. The van der Waals surface area contributed by atoms with Gasteiger partial charge < -0.3 is 14.7 Å². The number of likely N-dealkylation sites (N-methyl/N-ethyl adjacent to an activating group) is 1. The molecule has 0 saturated heterocycles. The molecule has 5 heteroatoms. The van der Waals surface area contributed by atoms with Gasteiger partial charge in [-0.05, 0) is 40.1 Å². The Morgan fingerprint density at radius 1 is 1.33 bits per heavy atom. The van der Waals surface area contributed by atoms with E-state index in [-0.39, 0.29) is 17.0 Å². The van der Waals surface area contributed by atoms with Crippen LogP contribution < -0.4 is 4.74 Å². The Hall–Kier alpha value is -2.14. The van der Waals surface area contributed by atoms with Gasteiger partial charge in [0.1, 0.15) is 12.2 Å². The van der Waals surface area contributed by atoms with Gasteiger partial charge in [0, 0.05) is 10.9 Å². The molecule has 2 aromatic rings. The van der Waals surface area contributed by atoms with Gasteiger partial charge >= 0.3 is 5.97 Å². The maximum Gasteiger partial charge on any atom is 0.341 e. The molecule has 21 heavy (non-hydrogen) atoms. The van der Waals surface area contributed by atoms with Crippen molar-refractivity contribution in [3.05, 3.63) is 35.9 Å². The number of hydrogen-bond acceptors (Lipinski definition) is 4. The van der Waals surface area contributed by atoms with Crippen molar-refractivity contribution in [2.24, 2.45) is 0 Å². The highest BCUT2D eigenvalue weighted by molar-refractivity contribution is 5.95. The lowest BCUT2D eigenvalue weighted by Gasteiger charge is -2.32. The van der Waals surface area contributed by atoms with Crippen LogP contribution in [0.2, 0.25) is 0 Å². The number of carboxylic acid groups (broad SMARTS) is 1. The predicted molar refractivity (Wildman–Crippen MR) is 82.0 cm³/mol. The zero-order chi connectivity index (χ0) is 15.6. The molecule has 0 fully saturated rings. The van der Waals surface area contributed by atoms with E-state index in [9.17, 15) is 9.90 Å². The molecule has 0 bridgehead atoms. The number of rotatable bonds is 5. The van der Waals surface area contributed by atoms with Crippen LogP contribution in [0.25, 0.3) is 10.9 Å². The molecule has 0 atom stereocenters. The number of carbonyl (C=O) groups is 1. The molecule has 5 nitrogen and oxygen atoms in total. The van der Waals surface area contributed by atoms with Crippen LogP contribution in [0.1, 0.15) is 24.2 Å². The van der Waals surface area contributed by atoms with Gasteiger partial charge in [0.25, 0.3) is 0 Å². The highest BCUT2D eigenvalue weighted by atomic mass is 16.5. The number of aromatic carboxylic acids is 1. The van der Waals surface area contributed by atoms with E-state index in [1.54, 1.807) is 6.07 Å². The first-order valence-corrected chi connectivity index (χ1v) is 6.74. The average Bonchev–Trinajstić information content (AvgIpc) is 2.43. The Bertz CT molecular complexity index is 666. The summed E-state index contributed by atoms with van der Waals surface area (Å²) < 4.78 is 5.70. The smallest absolute Gasteiger partial charge is 0.341 e. The number of benzene rings is 1. The van der Waals surface area contributed by atoms with Crippen molar-refractivity contribution in [3.63, 3.8) is 0 Å². The van der Waals surface area contributed by atoms with Gasteiger partial charge in [-0.1, -0.05) is 18.2 Å². The molecule has 0 saturated carbocycles. The predicted octanol–water partition coefficient (Wildman–Crippen LogP) is 2.65. The summed E-state index contributed by atoms with van der Waals surface area (Å²) in [6.07, 6.45) is 0. The van der Waals surface area contributed by atoms with Crippen molar-refractivity contribution in [3.8, 4) is 5.88 Å². The first kappa shape index (κ1) is 15.3. The molecule has 0 aliphatic heterocycles. The molecule has 1 aromatic heterocycles. The summed E-state index contributed by atoms with van der Waals surface area (Å²) >= 11 is 0. The van der Waals surface area contributed by atoms with Crippen molar-refractivity contribution in [1.82, 2.24) is 9.88 Å². The number of pyridine rings is 1. The molecular weight excluding hydrogens is 268 g/mol. The van der Waals surface area contributed by atoms with E-state index in [1.165, 1.54) is 0 Å². The Morgan fingerprint density at radius 3 is 2.62 bits per heavy atom. The monoisotopic (exact) mass is 288 g/mol. The van der Waals surface area contributed by atoms with Gasteiger partial charge in [-0.25, -0.2) is 9.78 Å². The largest absolute Gasteiger partial charge is 0.477 e. The molecular formula is C16H20N2O3. The third-order valence-electron chi connectivity index (χ3n) is 3.69. The number of ether oxygens (including phenoxy) is 1. The Kier molecular flexibility index (Phi) is 4.14. The standard InChI is InChI=1S/C16H20N2O3/c1-16(2,18(3)4)10-21-14-12(15(19)20)9-11-7-5-6-8-13(11)17-14/h5-9H,10H2,1-4H3,(H,19,20). The Labute approximate surface area is 124 Å². The number of hydrogen-bond donors (Lipinski definition) is 1. The van der Waals surface area contributed by atoms with Crippen molar-refractivity contribution in [2.45, 2.75) is 19.4 Å². The summed E-state index contributed by atoms with van der Waals surface area (Å²) in [4.78, 5) is 17.8. The lowest BCUT2D eigenvalue weighted by molar-refractivity contribution is 0.0682. The third-order valence-corrected chi connectivity index (χ3v) is 3.69. The van der Waals surface area contributed by atoms with Crippen LogP contribution in [0.4, 0.5) is 0 Å². The van der Waals surface area contributed by atoms with E-state index < -0.39 is 5.97 Å². The van der Waals surface area contributed by atoms with Crippen LogP contribution in [0.5, 0.6) is 5.88 Å². The SMILES string of the molecule is CN(C)C(C)(C)COc1nc2ccccc2cc1C(=O)O. The second-order valence-corrected chi connectivity index (χ2v) is 5.83. The van der Waals surface area contributed by atoms with Crippen molar-refractivity contribution in [1.29, 1.82) is 0 Å². The molecule has 112 valence electrons. The number of para-hydroxylation sites is 1. The van der Waals surface area contributed by atoms with Crippen LogP contribution in [0, 0.1) is 0 Å². The molecule has 0 aliphatic rings. The highest BCUT2D eigenvalue weighted by Crippen LogP contribution is 2.23. The topological polar surface area (TPSA) is 62.7 Å². The molecule has 1 N–H and O–H groups in total. The van der Waals surface area contributed by atoms with E-state index in [1.807, 2.05) is 57.1 Å². The van der Waals surface area contributed by atoms with Gasteiger partial charge in [-0.2, -0.15) is 0 Å². The van der Waals surface area contributed by atoms with Crippen molar-refractivity contribution < 1.29 is 14.6 Å². The fourth-order valence-corrected chi connectivity index (χ4v) is 1.74. The summed E-state index contributed by atoms with van der Waals surface area (Å²) in [5.41, 5.74) is 0.590. The molecule has 0 amide bonds. The van der Waals surface area contributed by atoms with Gasteiger partial charge in [-0.15, -0.1) is 0 Å². The van der Waals surface area contributed by atoms with Crippen molar-refractivity contribution >= 4 is 16.9 Å². The quantitative estimate of drug-likeness (QED) is 0.916. The van der Waals surface area contributed by atoms with Crippen molar-refractivity contribution in [2.75, 3.05) is 20.7 Å². The van der Waals surface area contributed by atoms with Gasteiger partial charge in [0.05, 0.1) is 5.52 Å². The number of nitrogens with zero attached hydrogens (tertiary/aromatic N) is 2. The second kappa shape index (κ2) is 5.69. The summed E-state index contributed by atoms with van der Waals surface area (Å²) in [5, 5.41) is 10.1. The molecule has 0 spiro atoms. The molecule has 0 unspecified atom stereocenters. The van der Waals surface area contributed by atoms with E-state index in [0.717, 1.165) is 10.9 Å². The number of aromatic nitrogens is 1. The number of fused-ring (bicyclic) bond motifs is 1. The molecule has 1 aromatic carbocycles. The lowest BCUT2D eigenvalue weighted by atomic mass is 10.1. The fourth-order valence-electron chi connectivity index (χ4n) is 1.74. The zero-order valence-electron chi connectivity index (χ0n) is 12.8. The van der Waals surface area contributed by atoms with Crippen LogP contribution in [-0.2, 0) is 0 Å². The lowest BCUT2D eigenvalue weighted by Crippen LogP contribution is -2.43. The average molecular weight is 288 g/mol. The summed E-state index contributed by atoms with van der Waals surface area (Å²) in [6, 6.07) is 8.99. The second-order valence-electron chi connectivity index (χ2n) is 5.83. The van der Waals surface area contributed by atoms with Gasteiger partial charge in [0.15, 0.2) is 0 Å². The maximum atomic E-state index is 11.4. The van der Waals surface area contributed by atoms with E-state index in [0.29, 0.717) is 6.61 Å². The van der Waals surface area contributed by atoms with Crippen LogP contribution in [-0.4, -0.2) is 47.2 Å². The Morgan fingerprint density at radius 2 is 2.00 bits per heavy atom. The molecule has 0 aliphatic carbocycles. The van der Waals surface area contributed by atoms with Gasteiger partial charge in [-0.3, -0.25) is 0 Å². The normalized spacial score (nSPS) is 11.9. The zero-order valence-corrected chi connectivity index (χ0v) is 12.8. The first-order chi connectivity index (χ1) is 9.81. The van der Waals surface area contributed by atoms with Crippen LogP contribution in [0.15, 0.2) is 30.3 Å². The summed E-state index contributed by atoms with van der Waals surface area (Å²) in [5.74, 6) is -0.873. The minimum absolute atomic E-state index is 0.0863. The minimum Gasteiger partial charge on any atom is -0.477 e. The maximum absolute atomic E-state index is 11.4. The fraction of sp³-hybridized carbons (Fsp3) is 0.375. The van der Waals surface area contributed by atoms with Crippen LogP contribution >= 0.6 is 0 Å². The van der Waals surface area contributed by atoms with E-state index in [4.69, 9.17) is 4.74 Å². The molecule has 0 radical (unpaired) electrons. The van der Waals surface area contributed by atoms with Gasteiger partial charge in [0.2, 0.25) is 5.88 Å². The molecule has 2 rings (SSSR count). The number of carboxylic acids is 1.